The molecule has 19 heavy (non-hydrogen) atoms. The molecule has 0 aliphatic heterocycles. The van der Waals surface area contributed by atoms with Gasteiger partial charge in [-0.15, -0.1) is 0 Å². The first-order chi connectivity index (χ1) is 9.20. The number of nitrogens with two attached hydrogens (primary N) is 1. The van der Waals surface area contributed by atoms with E-state index in [9.17, 15) is 4.79 Å². The normalized spacial score (nSPS) is 23.1. The fraction of sp³-hybridized carbons (Fsp3) is 0.562. The molecule has 0 bridgehead atoms. The van der Waals surface area contributed by atoms with Crippen LogP contribution in [0.15, 0.2) is 24.3 Å². The summed E-state index contributed by atoms with van der Waals surface area (Å²) in [6.45, 7) is 3.39. The molecule has 1 amide bonds. The lowest BCUT2D eigenvalue weighted by molar-refractivity contribution is -0.126. The number of hydrogen-bond acceptors (Lipinski definition) is 2. The van der Waals surface area contributed by atoms with Gasteiger partial charge in [-0.25, -0.2) is 0 Å². The highest BCUT2D eigenvalue weighted by atomic mass is 16.1. The molecular formula is C16H24N2O. The van der Waals surface area contributed by atoms with Crippen LogP contribution in [0, 0.1) is 11.8 Å². The molecule has 0 radical (unpaired) electrons. The third-order valence-electron chi connectivity index (χ3n) is 4.18. The molecule has 1 fully saturated rings. The van der Waals surface area contributed by atoms with Crippen LogP contribution in [0.5, 0.6) is 0 Å². The summed E-state index contributed by atoms with van der Waals surface area (Å²) in [6.07, 6.45) is 4.42. The molecule has 1 saturated carbocycles. The van der Waals surface area contributed by atoms with Crippen LogP contribution >= 0.6 is 0 Å². The summed E-state index contributed by atoms with van der Waals surface area (Å²) < 4.78 is 0. The van der Waals surface area contributed by atoms with E-state index in [2.05, 4.69) is 12.2 Å². The maximum absolute atomic E-state index is 12.1. The van der Waals surface area contributed by atoms with Crippen molar-refractivity contribution in [2.45, 2.75) is 45.7 Å². The van der Waals surface area contributed by atoms with Gasteiger partial charge in [0.1, 0.15) is 0 Å². The Balaban J connectivity index is 1.86. The van der Waals surface area contributed by atoms with Crippen molar-refractivity contribution in [1.29, 1.82) is 0 Å². The number of nitrogens with one attached hydrogen (secondary N) is 1. The highest BCUT2D eigenvalue weighted by Crippen LogP contribution is 2.28. The average molecular weight is 260 g/mol. The van der Waals surface area contributed by atoms with Gasteiger partial charge in [0.2, 0.25) is 5.91 Å². The lowest BCUT2D eigenvalue weighted by Gasteiger charge is -2.25. The van der Waals surface area contributed by atoms with Crippen molar-refractivity contribution in [2.24, 2.45) is 17.6 Å². The zero-order valence-corrected chi connectivity index (χ0v) is 11.7. The van der Waals surface area contributed by atoms with Crippen LogP contribution in [0.1, 0.15) is 43.7 Å². The van der Waals surface area contributed by atoms with Gasteiger partial charge in [-0.3, -0.25) is 4.79 Å². The Morgan fingerprint density at radius 2 is 1.84 bits per heavy atom. The largest absolute Gasteiger partial charge is 0.352 e. The molecule has 104 valence electrons. The molecule has 1 aliphatic carbocycles. The van der Waals surface area contributed by atoms with Crippen LogP contribution in [-0.4, -0.2) is 5.91 Å². The predicted molar refractivity (Wildman–Crippen MR) is 77.3 cm³/mol. The standard InChI is InChI=1S/C16H24N2O/c1-12-6-8-13(9-7-12)16(19)18-11-15-5-3-2-4-14(15)10-17/h2-5,12-13H,6-11,17H2,1H3,(H,18,19). The minimum Gasteiger partial charge on any atom is -0.352 e. The number of amides is 1. The van der Waals surface area contributed by atoms with E-state index in [-0.39, 0.29) is 11.8 Å². The van der Waals surface area contributed by atoms with Gasteiger partial charge >= 0.3 is 0 Å². The first-order valence-electron chi connectivity index (χ1n) is 7.25. The third-order valence-corrected chi connectivity index (χ3v) is 4.18. The second-order valence-corrected chi connectivity index (χ2v) is 5.65. The van der Waals surface area contributed by atoms with Crippen molar-refractivity contribution in [3.63, 3.8) is 0 Å². The van der Waals surface area contributed by atoms with Gasteiger partial charge in [-0.1, -0.05) is 31.2 Å². The molecule has 3 nitrogen and oxygen atoms in total. The lowest BCUT2D eigenvalue weighted by Crippen LogP contribution is -2.32. The van der Waals surface area contributed by atoms with E-state index in [0.717, 1.165) is 29.9 Å². The number of carbonyl (C=O) groups excluding carboxylic acids is 1. The summed E-state index contributed by atoms with van der Waals surface area (Å²) in [5.74, 6) is 1.20. The average Bonchev–Trinajstić information content (AvgIpc) is 2.45. The summed E-state index contributed by atoms with van der Waals surface area (Å²) in [7, 11) is 0. The highest BCUT2D eigenvalue weighted by molar-refractivity contribution is 5.78. The molecular weight excluding hydrogens is 236 g/mol. The summed E-state index contributed by atoms with van der Waals surface area (Å²) in [5.41, 5.74) is 7.94. The quantitative estimate of drug-likeness (QED) is 0.874. The third kappa shape index (κ3) is 3.80. The zero-order valence-electron chi connectivity index (χ0n) is 11.7. The molecule has 1 aliphatic rings. The smallest absolute Gasteiger partial charge is 0.223 e. The van der Waals surface area contributed by atoms with Gasteiger partial charge in [0, 0.05) is 19.0 Å². The molecule has 1 aromatic rings. The number of benzene rings is 1. The zero-order chi connectivity index (χ0) is 13.7. The van der Waals surface area contributed by atoms with Crippen LogP contribution in [0.25, 0.3) is 0 Å². The monoisotopic (exact) mass is 260 g/mol. The Morgan fingerprint density at radius 3 is 2.47 bits per heavy atom. The molecule has 0 aromatic heterocycles. The van der Waals surface area contributed by atoms with E-state index in [4.69, 9.17) is 5.73 Å². The van der Waals surface area contributed by atoms with Crippen molar-refractivity contribution in [2.75, 3.05) is 0 Å². The van der Waals surface area contributed by atoms with E-state index in [1.54, 1.807) is 0 Å². The Labute approximate surface area is 115 Å². The van der Waals surface area contributed by atoms with E-state index in [1.165, 1.54) is 12.8 Å². The highest BCUT2D eigenvalue weighted by Gasteiger charge is 2.23. The lowest BCUT2D eigenvalue weighted by atomic mass is 9.82. The van der Waals surface area contributed by atoms with Crippen molar-refractivity contribution in [1.82, 2.24) is 5.32 Å². The van der Waals surface area contributed by atoms with E-state index >= 15 is 0 Å². The maximum atomic E-state index is 12.1. The first kappa shape index (κ1) is 14.1. The van der Waals surface area contributed by atoms with Crippen LogP contribution in [-0.2, 0) is 17.9 Å². The second-order valence-electron chi connectivity index (χ2n) is 5.65. The molecule has 1 aromatic carbocycles. The number of rotatable bonds is 4. The topological polar surface area (TPSA) is 55.1 Å². The van der Waals surface area contributed by atoms with Gasteiger partial charge in [0.15, 0.2) is 0 Å². The number of carbonyl (C=O) groups is 1. The van der Waals surface area contributed by atoms with Gasteiger partial charge in [0.05, 0.1) is 0 Å². The van der Waals surface area contributed by atoms with Gasteiger partial charge in [-0.05, 0) is 42.7 Å². The first-order valence-corrected chi connectivity index (χ1v) is 7.25. The van der Waals surface area contributed by atoms with Crippen molar-refractivity contribution in [3.05, 3.63) is 35.4 Å². The molecule has 0 atom stereocenters. The molecule has 0 heterocycles. The Morgan fingerprint density at radius 1 is 1.21 bits per heavy atom. The molecule has 0 spiro atoms. The SMILES string of the molecule is CC1CCC(C(=O)NCc2ccccc2CN)CC1. The fourth-order valence-electron chi connectivity index (χ4n) is 2.78. The summed E-state index contributed by atoms with van der Waals surface area (Å²) in [6, 6.07) is 8.02. The Bertz CT molecular complexity index is 423. The minimum absolute atomic E-state index is 0.207. The fourth-order valence-corrected chi connectivity index (χ4v) is 2.78. The van der Waals surface area contributed by atoms with E-state index in [1.807, 2.05) is 24.3 Å². The van der Waals surface area contributed by atoms with Gasteiger partial charge < -0.3 is 11.1 Å². The molecule has 2 rings (SSSR count). The molecule has 0 saturated heterocycles. The molecule has 3 N–H and O–H groups in total. The summed E-state index contributed by atoms with van der Waals surface area (Å²) in [4.78, 5) is 12.1. The van der Waals surface area contributed by atoms with Crippen LogP contribution in [0.4, 0.5) is 0 Å². The molecule has 0 unspecified atom stereocenters. The second kappa shape index (κ2) is 6.71. The van der Waals surface area contributed by atoms with Gasteiger partial charge in [-0.2, -0.15) is 0 Å². The van der Waals surface area contributed by atoms with E-state index in [0.29, 0.717) is 13.1 Å². The molecule has 3 heteroatoms. The van der Waals surface area contributed by atoms with Crippen molar-refractivity contribution >= 4 is 5.91 Å². The maximum Gasteiger partial charge on any atom is 0.223 e. The Hall–Kier alpha value is -1.35. The Kier molecular flexibility index (Phi) is 4.97. The van der Waals surface area contributed by atoms with Crippen molar-refractivity contribution in [3.8, 4) is 0 Å². The van der Waals surface area contributed by atoms with Crippen LogP contribution in [0.2, 0.25) is 0 Å². The predicted octanol–water partition coefficient (Wildman–Crippen LogP) is 2.59. The minimum atomic E-state index is 0.207. The van der Waals surface area contributed by atoms with Gasteiger partial charge in [0.25, 0.3) is 0 Å². The van der Waals surface area contributed by atoms with E-state index < -0.39 is 0 Å². The van der Waals surface area contributed by atoms with Crippen LogP contribution < -0.4 is 11.1 Å². The van der Waals surface area contributed by atoms with Crippen molar-refractivity contribution < 1.29 is 4.79 Å². The van der Waals surface area contributed by atoms with Crippen LogP contribution in [0.3, 0.4) is 0 Å². The summed E-state index contributed by atoms with van der Waals surface area (Å²) in [5, 5.41) is 3.06. The number of hydrogen-bond donors (Lipinski definition) is 2. The summed E-state index contributed by atoms with van der Waals surface area (Å²) >= 11 is 0.